The Labute approximate surface area is 695 Å². The molecule has 0 unspecified atom stereocenters. The molecule has 4 heterocycles. The van der Waals surface area contributed by atoms with Gasteiger partial charge in [0.15, 0.2) is 11.6 Å². The molecule has 0 atom stereocenters. The number of benzene rings is 8. The molecular formula is C96H85N7O14Pd. The van der Waals surface area contributed by atoms with Crippen molar-refractivity contribution in [2.45, 2.75) is 60.3 Å². The number of carbonyl (C=O) groups excluding carboxylic acids is 9. The Hall–Kier alpha value is -13.6. The number of hydrogen-bond donors (Lipinski definition) is 3. The van der Waals surface area contributed by atoms with Gasteiger partial charge in [-0.05, 0) is 138 Å². The van der Waals surface area contributed by atoms with Gasteiger partial charge in [0.25, 0.3) is 11.8 Å². The van der Waals surface area contributed by atoms with E-state index in [1.165, 1.54) is 0 Å². The Morgan fingerprint density at radius 3 is 0.822 bits per heavy atom. The summed E-state index contributed by atoms with van der Waals surface area (Å²) in [6.45, 7) is 26.5. The number of aromatic nitrogens is 4. The van der Waals surface area contributed by atoms with E-state index in [9.17, 15) is 43.2 Å². The minimum absolute atomic E-state index is 0. The number of nitrogens with one attached hydrogen (secondary N) is 2. The summed E-state index contributed by atoms with van der Waals surface area (Å²) in [7, 11) is 0. The first-order valence-corrected chi connectivity index (χ1v) is 38.0. The number of nitrogens with zero attached hydrogens (tertiary/aromatic N) is 4. The van der Waals surface area contributed by atoms with E-state index in [1.807, 2.05) is 146 Å². The van der Waals surface area contributed by atoms with Gasteiger partial charge >= 0.3 is 50.3 Å². The molecule has 3 aliphatic rings. The number of carbonyl (C=O) groups is 9. The third-order valence-electron chi connectivity index (χ3n) is 19.3. The molecule has 0 spiro atoms. The van der Waals surface area contributed by atoms with E-state index in [4.69, 9.17) is 44.6 Å². The van der Waals surface area contributed by atoms with Crippen LogP contribution >= 0.6 is 0 Å². The van der Waals surface area contributed by atoms with Crippen molar-refractivity contribution in [3.05, 3.63) is 277 Å². The van der Waals surface area contributed by atoms with E-state index < -0.39 is 35.7 Å². The van der Waals surface area contributed by atoms with Crippen LogP contribution in [0.1, 0.15) is 102 Å². The number of amides is 2. The van der Waals surface area contributed by atoms with Crippen molar-refractivity contribution < 1.29 is 87.3 Å². The molecular weight excluding hydrogens is 1580 g/mol. The smallest absolute Gasteiger partial charge is 0.656 e. The molecule has 2 aliphatic heterocycles. The van der Waals surface area contributed by atoms with E-state index >= 15 is 0 Å². The number of ketones is 2. The summed E-state index contributed by atoms with van der Waals surface area (Å²) in [4.78, 5) is 139. The summed E-state index contributed by atoms with van der Waals surface area (Å²) >= 11 is 0. The number of hydrogen-bond acceptors (Lipinski definition) is 17. The molecule has 0 fully saturated rings. The van der Waals surface area contributed by atoms with E-state index in [0.29, 0.717) is 137 Å². The van der Waals surface area contributed by atoms with E-state index in [-0.39, 0.29) is 119 Å². The third-order valence-corrected chi connectivity index (χ3v) is 19.3. The van der Waals surface area contributed by atoms with Crippen molar-refractivity contribution in [2.24, 2.45) is 5.73 Å². The zero-order valence-corrected chi connectivity index (χ0v) is 67.4. The number of nitrogens with two attached hydrogens (primary N) is 1. The standard InChI is InChI=1S/C90H76N6O12.C6H11NO2.Pd/c1-51(2)87(101)105-47-17-27-71(97)55-29-33-57(34-30-55)73-77-63-19-9-10-20-64(63)78(93-77)74(58-35-31-56(32-36-58)72(98)28-18-48-106-88(102)52(3)4)80-66-22-12-14-24-68(66)82(95-80)76(60-39-43-62(44-40-60)86(100)92-46-50-108-90(104)54(7)8)84-70-26-16-15-25-69(70)83(96-84)75(81-67-23-13-11-21-65(67)79(73)94-81)59-37-41-61(42-38-59)85(99)91-45-49-107-89(103)53(5)6;1-5(2)6(8)9-4-3-7;/h9-16,19-26,29-44H,1,3,5,7,17-18,27-28,45-50H2,2,4,6,8H3,(H4,91,92,93,94,95,96,97,98,99,100);1,3-4,7H2,2H3;/q;;+2/p-2. The number of esters is 5. The van der Waals surface area contributed by atoms with Gasteiger partial charge in [-0.15, -0.1) is 22.1 Å². The maximum atomic E-state index is 14.1. The van der Waals surface area contributed by atoms with Crippen molar-refractivity contribution >= 4 is 96.8 Å². The van der Waals surface area contributed by atoms with Crippen LogP contribution in [0.3, 0.4) is 0 Å². The van der Waals surface area contributed by atoms with Gasteiger partial charge in [-0.1, -0.05) is 203 Å². The van der Waals surface area contributed by atoms with E-state index in [0.717, 1.165) is 43.8 Å². The average Bonchev–Trinajstić information content (AvgIpc) is 1.54. The largest absolute Gasteiger partial charge is 2.00 e. The van der Waals surface area contributed by atoms with Crippen LogP contribution in [0.4, 0.5) is 0 Å². The second kappa shape index (κ2) is 38.7. The van der Waals surface area contributed by atoms with Crippen molar-refractivity contribution in [3.8, 4) is 89.5 Å². The fourth-order valence-electron chi connectivity index (χ4n) is 13.5. The summed E-state index contributed by atoms with van der Waals surface area (Å²) in [6.07, 6.45) is 0.802. The predicted molar refractivity (Wildman–Crippen MR) is 454 cm³/mol. The van der Waals surface area contributed by atoms with Crippen molar-refractivity contribution in [1.82, 2.24) is 30.6 Å². The van der Waals surface area contributed by atoms with Crippen LogP contribution < -0.4 is 26.3 Å². The zero-order chi connectivity index (χ0) is 83.1. The van der Waals surface area contributed by atoms with Gasteiger partial charge in [-0.25, -0.2) is 33.9 Å². The molecule has 10 aromatic rings. The molecule has 598 valence electrons. The Kier molecular flexibility index (Phi) is 27.9. The van der Waals surface area contributed by atoms with Crippen LogP contribution in [0, 0.1) is 0 Å². The van der Waals surface area contributed by atoms with Gasteiger partial charge in [-0.3, -0.25) is 19.2 Å². The van der Waals surface area contributed by atoms with Crippen LogP contribution in [0.15, 0.2) is 255 Å². The molecule has 8 aromatic carbocycles. The van der Waals surface area contributed by atoms with Gasteiger partial charge < -0.3 is 50.0 Å². The molecule has 0 radical (unpaired) electrons. The van der Waals surface area contributed by atoms with Gasteiger partial charge in [0.05, 0.1) is 49.1 Å². The van der Waals surface area contributed by atoms with Gasteiger partial charge in [0.1, 0.15) is 19.8 Å². The zero-order valence-electron chi connectivity index (χ0n) is 65.9. The number of Topliss-reactive ketones (excluding diaryl/α,β-unsaturated/α-hetero) is 2. The number of rotatable bonds is 29. The Morgan fingerprint density at radius 1 is 0.331 bits per heavy atom. The Bertz CT molecular complexity index is 5360. The number of ether oxygens (including phenoxy) is 5. The summed E-state index contributed by atoms with van der Waals surface area (Å²) in [5.74, 6) is -3.68. The maximum absolute atomic E-state index is 14.1. The fourth-order valence-corrected chi connectivity index (χ4v) is 13.5. The normalized spacial score (nSPS) is 10.9. The second-order valence-electron chi connectivity index (χ2n) is 28.2. The molecule has 1 aliphatic carbocycles. The van der Waals surface area contributed by atoms with Gasteiger partial charge in [-0.2, -0.15) is 0 Å². The van der Waals surface area contributed by atoms with Crippen molar-refractivity contribution in [2.75, 3.05) is 52.7 Å². The molecule has 21 nitrogen and oxygen atoms in total. The summed E-state index contributed by atoms with van der Waals surface area (Å²) in [5, 5.41) is 8.71. The maximum Gasteiger partial charge on any atom is 2.00 e. The first kappa shape index (κ1) is 85.2. The molecule has 4 N–H and O–H groups in total. The molecule has 13 rings (SSSR count). The summed E-state index contributed by atoms with van der Waals surface area (Å²) < 4.78 is 25.8. The fraction of sp³-hybridized carbons (Fsp3) is 0.177. The average molecular weight is 1670 g/mol. The monoisotopic (exact) mass is 1670 g/mol. The first-order valence-electron chi connectivity index (χ1n) is 38.0. The van der Waals surface area contributed by atoms with Gasteiger partial charge in [0.2, 0.25) is 0 Å². The molecule has 2 aromatic heterocycles. The summed E-state index contributed by atoms with van der Waals surface area (Å²) in [6, 6.07) is 60.9. The Morgan fingerprint density at radius 2 is 0.568 bits per heavy atom. The molecule has 0 saturated heterocycles. The molecule has 0 saturated carbocycles. The molecule has 22 heteroatoms. The van der Waals surface area contributed by atoms with Crippen LogP contribution in [0.5, 0.6) is 0 Å². The van der Waals surface area contributed by atoms with Crippen molar-refractivity contribution in [1.29, 1.82) is 0 Å². The molecule has 2 amide bonds. The third kappa shape index (κ3) is 19.1. The van der Waals surface area contributed by atoms with E-state index in [1.54, 1.807) is 83.1 Å². The molecule has 8 bridgehead atoms. The molecule has 118 heavy (non-hydrogen) atoms. The van der Waals surface area contributed by atoms with Crippen LogP contribution in [-0.4, -0.2) is 116 Å². The SMILES string of the molecule is C=C(C)C(=O)OCCCC(=O)c1ccc(-c2c3nc(c(-c4ccc(C(=O)CCCOC(=O)C(=C)C)cc4)c4[n-]c(c(-c5ccc(C(=O)NCCOC(=O)C(=C)C)cc5)c5nc(c(-c6ccc(C(=O)NCCOC(=O)C(=C)C)cc6)c6[n-]c2c2ccccc62)-c2ccccc2-5)c2ccccc42)-c2ccccc2-3)cc1.C=C(C)C(=O)OCCN.[Pd+2]. The van der Waals surface area contributed by atoms with Crippen molar-refractivity contribution in [3.63, 3.8) is 0 Å². The minimum atomic E-state index is -0.567. The topological polar surface area (TPSA) is 304 Å². The first-order chi connectivity index (χ1) is 56.4. The Balaban J connectivity index is 0.00000129. The van der Waals surface area contributed by atoms with Gasteiger partial charge in [0, 0.05) is 91.8 Å². The van der Waals surface area contributed by atoms with Crippen LogP contribution in [0.2, 0.25) is 0 Å². The summed E-state index contributed by atoms with van der Waals surface area (Å²) in [5.41, 5.74) is 20.4. The van der Waals surface area contributed by atoms with Crippen LogP contribution in [0.25, 0.3) is 133 Å². The second-order valence-corrected chi connectivity index (χ2v) is 28.2. The van der Waals surface area contributed by atoms with E-state index in [2.05, 4.69) is 48.3 Å². The minimum Gasteiger partial charge on any atom is -0.656 e. The predicted octanol–water partition coefficient (Wildman–Crippen LogP) is 17.1. The quantitative estimate of drug-likeness (QED) is 0.00979. The van der Waals surface area contributed by atoms with Crippen LogP contribution in [-0.2, 0) is 68.1 Å².